The topological polar surface area (TPSA) is 85.2 Å². The van der Waals surface area contributed by atoms with Gasteiger partial charge in [0.15, 0.2) is 5.60 Å². The van der Waals surface area contributed by atoms with E-state index in [4.69, 9.17) is 22.1 Å². The maximum Gasteiger partial charge on any atom is 0.259 e. The molecule has 1 aromatic heterocycles. The van der Waals surface area contributed by atoms with E-state index in [1.165, 1.54) is 19.4 Å². The number of nitrogens with two attached hydrogens (primary N) is 1. The molecule has 1 unspecified atom stereocenters. The molecule has 0 spiro atoms. The number of pyridine rings is 1. The summed E-state index contributed by atoms with van der Waals surface area (Å²) in [5.74, 6) is -0.692. The monoisotopic (exact) mass is 342 g/mol. The van der Waals surface area contributed by atoms with Gasteiger partial charge in [0.1, 0.15) is 0 Å². The van der Waals surface area contributed by atoms with Crippen LogP contribution in [0.25, 0.3) is 10.8 Å². The van der Waals surface area contributed by atoms with Crippen LogP contribution in [0.4, 0.5) is 0 Å². The fourth-order valence-corrected chi connectivity index (χ4v) is 3.21. The lowest BCUT2D eigenvalue weighted by atomic mass is 9.84. The molecule has 0 saturated carbocycles. The summed E-state index contributed by atoms with van der Waals surface area (Å²) in [5, 5.41) is 1.29. The summed E-state index contributed by atoms with van der Waals surface area (Å²) >= 11 is 6.39. The predicted octanol–water partition coefficient (Wildman–Crippen LogP) is 2.56. The van der Waals surface area contributed by atoms with Crippen LogP contribution in [0.1, 0.15) is 11.1 Å². The van der Waals surface area contributed by atoms with Gasteiger partial charge in [0.05, 0.1) is 0 Å². The third-order valence-corrected chi connectivity index (χ3v) is 4.39. The number of primary amides is 1. The Hall–Kier alpha value is -2.63. The van der Waals surface area contributed by atoms with Crippen molar-refractivity contribution in [2.24, 2.45) is 5.73 Å². The van der Waals surface area contributed by atoms with E-state index in [0.29, 0.717) is 21.9 Å². The predicted molar refractivity (Wildman–Crippen MR) is 93.0 cm³/mol. The first-order valence-corrected chi connectivity index (χ1v) is 7.60. The van der Waals surface area contributed by atoms with Crippen LogP contribution in [0.2, 0.25) is 5.02 Å². The number of rotatable bonds is 4. The molecule has 2 aromatic carbocycles. The van der Waals surface area contributed by atoms with Gasteiger partial charge in [-0.15, -0.1) is 0 Å². The van der Waals surface area contributed by atoms with Crippen molar-refractivity contribution in [2.45, 2.75) is 5.60 Å². The summed E-state index contributed by atoms with van der Waals surface area (Å²) in [4.78, 5) is 26.9. The molecule has 1 atom stereocenters. The summed E-state index contributed by atoms with van der Waals surface area (Å²) < 4.78 is 5.59. The first-order valence-electron chi connectivity index (χ1n) is 7.22. The molecule has 0 aliphatic rings. The van der Waals surface area contributed by atoms with Crippen LogP contribution in [0.15, 0.2) is 59.5 Å². The molecule has 0 aliphatic carbocycles. The molecule has 1 amide bonds. The van der Waals surface area contributed by atoms with E-state index in [1.54, 1.807) is 36.4 Å². The molecule has 24 heavy (non-hydrogen) atoms. The van der Waals surface area contributed by atoms with Crippen molar-refractivity contribution >= 4 is 28.3 Å². The van der Waals surface area contributed by atoms with Gasteiger partial charge in [0.25, 0.3) is 11.5 Å². The van der Waals surface area contributed by atoms with Gasteiger partial charge >= 0.3 is 0 Å². The number of hydrogen-bond donors (Lipinski definition) is 2. The number of nitrogens with one attached hydrogen (secondary N) is 1. The highest BCUT2D eigenvalue weighted by Crippen LogP contribution is 2.38. The Morgan fingerprint density at radius 1 is 1.21 bits per heavy atom. The molecule has 0 saturated heterocycles. The van der Waals surface area contributed by atoms with Crippen molar-refractivity contribution in [1.29, 1.82) is 0 Å². The van der Waals surface area contributed by atoms with E-state index in [2.05, 4.69) is 4.98 Å². The van der Waals surface area contributed by atoms with E-state index < -0.39 is 11.5 Å². The zero-order chi connectivity index (χ0) is 17.3. The van der Waals surface area contributed by atoms with E-state index in [1.807, 2.05) is 6.07 Å². The van der Waals surface area contributed by atoms with Crippen LogP contribution in [-0.4, -0.2) is 18.0 Å². The van der Waals surface area contributed by atoms with E-state index in [-0.39, 0.29) is 10.6 Å². The minimum Gasteiger partial charge on any atom is -0.367 e. The standard InChI is InChI=1S/C18H15ClN2O3/c1-24-18(17(20)23,12-5-3-2-4-6-12)14-9-11-7-8-21-16(22)13(11)10-15(14)19/h2-10H,1H3,(H2,20,23)(H,21,22). The lowest BCUT2D eigenvalue weighted by Gasteiger charge is -2.31. The van der Waals surface area contributed by atoms with Gasteiger partial charge in [0, 0.05) is 29.3 Å². The molecule has 6 heteroatoms. The average molecular weight is 343 g/mol. The summed E-state index contributed by atoms with van der Waals surface area (Å²) in [6.45, 7) is 0. The molecule has 122 valence electrons. The Morgan fingerprint density at radius 2 is 1.92 bits per heavy atom. The van der Waals surface area contributed by atoms with Gasteiger partial charge in [-0.25, -0.2) is 0 Å². The van der Waals surface area contributed by atoms with Gasteiger partial charge < -0.3 is 15.5 Å². The van der Waals surface area contributed by atoms with Crippen molar-refractivity contribution in [1.82, 2.24) is 4.98 Å². The maximum atomic E-state index is 12.4. The number of ether oxygens (including phenoxy) is 1. The Labute approximate surface area is 143 Å². The molecule has 5 nitrogen and oxygen atoms in total. The Balaban J connectivity index is 2.38. The number of fused-ring (bicyclic) bond motifs is 1. The molecular formula is C18H15ClN2O3. The van der Waals surface area contributed by atoms with Crippen molar-refractivity contribution in [2.75, 3.05) is 7.11 Å². The van der Waals surface area contributed by atoms with E-state index in [0.717, 1.165) is 0 Å². The average Bonchev–Trinajstić information content (AvgIpc) is 2.58. The van der Waals surface area contributed by atoms with Crippen molar-refractivity contribution < 1.29 is 9.53 Å². The van der Waals surface area contributed by atoms with Gasteiger partial charge in [-0.3, -0.25) is 9.59 Å². The Morgan fingerprint density at radius 3 is 2.54 bits per heavy atom. The lowest BCUT2D eigenvalue weighted by molar-refractivity contribution is -0.136. The van der Waals surface area contributed by atoms with Gasteiger partial charge in [-0.1, -0.05) is 41.9 Å². The van der Waals surface area contributed by atoms with Crippen molar-refractivity contribution in [3.8, 4) is 0 Å². The number of halogens is 1. The minimum atomic E-state index is -1.55. The third kappa shape index (κ3) is 2.38. The number of amides is 1. The first-order chi connectivity index (χ1) is 11.5. The van der Waals surface area contributed by atoms with E-state index >= 15 is 0 Å². The largest absolute Gasteiger partial charge is 0.367 e. The lowest BCUT2D eigenvalue weighted by Crippen LogP contribution is -2.44. The highest BCUT2D eigenvalue weighted by molar-refractivity contribution is 6.32. The fourth-order valence-electron chi connectivity index (χ4n) is 2.91. The number of carbonyl (C=O) groups excluding carboxylic acids is 1. The normalized spacial score (nSPS) is 13.6. The molecule has 3 rings (SSSR count). The van der Waals surface area contributed by atoms with Crippen LogP contribution in [0.3, 0.4) is 0 Å². The molecule has 0 aliphatic heterocycles. The molecule has 3 N–H and O–H groups in total. The van der Waals surface area contributed by atoms with E-state index in [9.17, 15) is 9.59 Å². The zero-order valence-corrected chi connectivity index (χ0v) is 13.6. The number of benzene rings is 2. The number of H-pyrrole nitrogens is 1. The number of aromatic nitrogens is 1. The number of methoxy groups -OCH3 is 1. The Kier molecular flexibility index (Phi) is 4.13. The smallest absolute Gasteiger partial charge is 0.259 e. The molecular weight excluding hydrogens is 328 g/mol. The van der Waals surface area contributed by atoms with Crippen LogP contribution in [-0.2, 0) is 15.1 Å². The third-order valence-electron chi connectivity index (χ3n) is 4.07. The summed E-state index contributed by atoms with van der Waals surface area (Å²) in [7, 11) is 1.40. The molecule has 0 bridgehead atoms. The highest BCUT2D eigenvalue weighted by atomic mass is 35.5. The van der Waals surface area contributed by atoms with Crippen LogP contribution >= 0.6 is 11.6 Å². The zero-order valence-electron chi connectivity index (χ0n) is 12.9. The number of carbonyl (C=O) groups is 1. The van der Waals surface area contributed by atoms with Gasteiger partial charge in [-0.05, 0) is 29.1 Å². The van der Waals surface area contributed by atoms with Crippen LogP contribution < -0.4 is 11.3 Å². The second-order valence-electron chi connectivity index (χ2n) is 5.34. The Bertz CT molecular complexity index is 969. The fraction of sp³-hybridized carbons (Fsp3) is 0.111. The quantitative estimate of drug-likeness (QED) is 0.764. The number of hydrogen-bond acceptors (Lipinski definition) is 3. The molecule has 3 aromatic rings. The second kappa shape index (κ2) is 6.11. The highest BCUT2D eigenvalue weighted by Gasteiger charge is 2.42. The molecule has 1 heterocycles. The van der Waals surface area contributed by atoms with Gasteiger partial charge in [0.2, 0.25) is 0 Å². The van der Waals surface area contributed by atoms with Crippen LogP contribution in [0.5, 0.6) is 0 Å². The maximum absolute atomic E-state index is 12.4. The SMILES string of the molecule is COC(C(N)=O)(c1ccccc1)c1cc2cc[nH]c(=O)c2cc1Cl. The van der Waals surface area contributed by atoms with Gasteiger partial charge in [-0.2, -0.15) is 0 Å². The minimum absolute atomic E-state index is 0.226. The summed E-state index contributed by atoms with van der Waals surface area (Å²) in [6, 6.07) is 13.8. The molecule has 0 radical (unpaired) electrons. The summed E-state index contributed by atoms with van der Waals surface area (Å²) in [6.07, 6.45) is 1.53. The first kappa shape index (κ1) is 16.2. The van der Waals surface area contributed by atoms with Crippen molar-refractivity contribution in [3.05, 3.63) is 81.2 Å². The number of aromatic amines is 1. The van der Waals surface area contributed by atoms with Crippen molar-refractivity contribution in [3.63, 3.8) is 0 Å². The van der Waals surface area contributed by atoms with Crippen LogP contribution in [0, 0.1) is 0 Å². The second-order valence-corrected chi connectivity index (χ2v) is 5.75. The summed E-state index contributed by atoms with van der Waals surface area (Å²) in [5.41, 5.74) is 4.84. The molecule has 0 fully saturated rings.